The summed E-state index contributed by atoms with van der Waals surface area (Å²) in [5, 5.41) is 10.5. The Morgan fingerprint density at radius 1 is 1.29 bits per heavy atom. The van der Waals surface area contributed by atoms with Crippen molar-refractivity contribution in [3.63, 3.8) is 0 Å². The van der Waals surface area contributed by atoms with Crippen molar-refractivity contribution in [3.8, 4) is 11.8 Å². The largest absolute Gasteiger partial charge is 0.419 e. The lowest BCUT2D eigenvalue weighted by Gasteiger charge is -2.11. The van der Waals surface area contributed by atoms with Gasteiger partial charge in [-0.3, -0.25) is 5.10 Å². The van der Waals surface area contributed by atoms with Crippen molar-refractivity contribution in [1.82, 2.24) is 20.5 Å². The molecule has 112 valence electrons. The van der Waals surface area contributed by atoms with E-state index >= 15 is 0 Å². The molecule has 21 heavy (non-hydrogen) atoms. The second-order valence-electron chi connectivity index (χ2n) is 6.04. The summed E-state index contributed by atoms with van der Waals surface area (Å²) in [6.45, 7) is 7.09. The molecule has 2 N–H and O–H groups in total. The standard InChI is InChI=1S/C16H22N4O/c1-10(2)14-7-12(9-17-13-4-5-13)8-15(18-14)21-16-6-11(3)19-20-16/h6-8,10,13,17H,4-5,9H2,1-3H3,(H,19,20). The van der Waals surface area contributed by atoms with Crippen molar-refractivity contribution in [2.45, 2.75) is 52.1 Å². The molecule has 1 saturated carbocycles. The molecule has 5 heteroatoms. The molecule has 1 aliphatic rings. The van der Waals surface area contributed by atoms with E-state index in [4.69, 9.17) is 4.74 Å². The molecule has 0 bridgehead atoms. The van der Waals surface area contributed by atoms with Gasteiger partial charge in [0.1, 0.15) is 0 Å². The van der Waals surface area contributed by atoms with E-state index in [9.17, 15) is 0 Å². The number of hydrogen-bond acceptors (Lipinski definition) is 4. The Morgan fingerprint density at radius 2 is 2.10 bits per heavy atom. The first-order chi connectivity index (χ1) is 10.1. The zero-order chi connectivity index (χ0) is 14.8. The van der Waals surface area contributed by atoms with Gasteiger partial charge in [0.15, 0.2) is 0 Å². The van der Waals surface area contributed by atoms with Crippen LogP contribution < -0.4 is 10.1 Å². The van der Waals surface area contributed by atoms with Crippen LogP contribution in [0.25, 0.3) is 0 Å². The van der Waals surface area contributed by atoms with Gasteiger partial charge >= 0.3 is 0 Å². The van der Waals surface area contributed by atoms with Crippen LogP contribution in [0.1, 0.15) is 49.6 Å². The number of hydrogen-bond donors (Lipinski definition) is 2. The first-order valence-corrected chi connectivity index (χ1v) is 7.54. The fourth-order valence-electron chi connectivity index (χ4n) is 2.13. The lowest BCUT2D eigenvalue weighted by molar-refractivity contribution is 0.439. The highest BCUT2D eigenvalue weighted by Crippen LogP contribution is 2.24. The number of aromatic nitrogens is 3. The van der Waals surface area contributed by atoms with E-state index in [1.54, 1.807) is 0 Å². The maximum atomic E-state index is 5.77. The molecule has 0 radical (unpaired) electrons. The molecule has 2 aromatic rings. The SMILES string of the molecule is Cc1cc(Oc2cc(CNC3CC3)cc(C(C)C)n2)n[nH]1. The van der Waals surface area contributed by atoms with Gasteiger partial charge in [0.05, 0.1) is 0 Å². The van der Waals surface area contributed by atoms with Crippen molar-refractivity contribution < 1.29 is 4.74 Å². The lowest BCUT2D eigenvalue weighted by atomic mass is 10.1. The number of aromatic amines is 1. The molecule has 0 spiro atoms. The fourth-order valence-corrected chi connectivity index (χ4v) is 2.13. The zero-order valence-electron chi connectivity index (χ0n) is 12.8. The van der Waals surface area contributed by atoms with E-state index in [0.717, 1.165) is 17.9 Å². The Bertz CT molecular complexity index is 616. The monoisotopic (exact) mass is 286 g/mol. The van der Waals surface area contributed by atoms with Gasteiger partial charge in [-0.25, -0.2) is 4.98 Å². The molecule has 1 aliphatic carbocycles. The number of nitrogens with zero attached hydrogens (tertiary/aromatic N) is 2. The number of H-pyrrole nitrogens is 1. The van der Waals surface area contributed by atoms with Crippen molar-refractivity contribution in [2.24, 2.45) is 0 Å². The van der Waals surface area contributed by atoms with E-state index in [1.807, 2.05) is 19.1 Å². The minimum absolute atomic E-state index is 0.370. The van der Waals surface area contributed by atoms with E-state index in [1.165, 1.54) is 18.4 Å². The predicted octanol–water partition coefficient (Wildman–Crippen LogP) is 3.28. The maximum absolute atomic E-state index is 5.77. The van der Waals surface area contributed by atoms with Gasteiger partial charge < -0.3 is 10.1 Å². The van der Waals surface area contributed by atoms with Gasteiger partial charge in [-0.05, 0) is 37.3 Å². The molecule has 5 nitrogen and oxygen atoms in total. The predicted molar refractivity (Wildman–Crippen MR) is 81.6 cm³/mol. The van der Waals surface area contributed by atoms with Crippen LogP contribution in [0.3, 0.4) is 0 Å². The van der Waals surface area contributed by atoms with Gasteiger partial charge in [-0.15, -0.1) is 5.10 Å². The van der Waals surface area contributed by atoms with Crippen LogP contribution in [0.2, 0.25) is 0 Å². The number of pyridine rings is 1. The third-order valence-electron chi connectivity index (χ3n) is 3.54. The summed E-state index contributed by atoms with van der Waals surface area (Å²) in [5.74, 6) is 1.54. The average molecular weight is 286 g/mol. The molecule has 0 aromatic carbocycles. The first-order valence-electron chi connectivity index (χ1n) is 7.54. The molecule has 1 fully saturated rings. The van der Waals surface area contributed by atoms with Gasteiger partial charge in [0.25, 0.3) is 0 Å². The molecule has 0 unspecified atom stereocenters. The molecule has 0 aliphatic heterocycles. The van der Waals surface area contributed by atoms with Gasteiger partial charge in [0, 0.05) is 36.1 Å². The number of rotatable bonds is 6. The smallest absolute Gasteiger partial charge is 0.240 e. The van der Waals surface area contributed by atoms with Crippen LogP contribution in [-0.2, 0) is 6.54 Å². The molecule has 0 saturated heterocycles. The Morgan fingerprint density at radius 3 is 2.71 bits per heavy atom. The minimum Gasteiger partial charge on any atom is -0.419 e. The van der Waals surface area contributed by atoms with Crippen molar-refractivity contribution in [1.29, 1.82) is 0 Å². The summed E-state index contributed by atoms with van der Waals surface area (Å²) in [4.78, 5) is 4.58. The lowest BCUT2D eigenvalue weighted by Crippen LogP contribution is -2.15. The summed E-state index contributed by atoms with van der Waals surface area (Å²) in [7, 11) is 0. The highest BCUT2D eigenvalue weighted by atomic mass is 16.5. The molecular weight excluding hydrogens is 264 g/mol. The number of ether oxygens (including phenoxy) is 1. The Kier molecular flexibility index (Phi) is 3.92. The Labute approximate surface area is 125 Å². The second-order valence-corrected chi connectivity index (χ2v) is 6.04. The topological polar surface area (TPSA) is 62.8 Å². The highest BCUT2D eigenvalue weighted by molar-refractivity contribution is 5.29. The van der Waals surface area contributed by atoms with E-state index in [-0.39, 0.29) is 0 Å². The normalized spacial score (nSPS) is 14.7. The minimum atomic E-state index is 0.370. The molecule has 2 aromatic heterocycles. The van der Waals surface area contributed by atoms with E-state index < -0.39 is 0 Å². The summed E-state index contributed by atoms with van der Waals surface area (Å²) >= 11 is 0. The van der Waals surface area contributed by atoms with Gasteiger partial charge in [-0.1, -0.05) is 13.8 Å². The second kappa shape index (κ2) is 5.85. The zero-order valence-corrected chi connectivity index (χ0v) is 12.8. The van der Waals surface area contributed by atoms with Gasteiger partial charge in [0.2, 0.25) is 11.8 Å². The van der Waals surface area contributed by atoms with Crippen LogP contribution in [-0.4, -0.2) is 21.2 Å². The third kappa shape index (κ3) is 3.82. The van der Waals surface area contributed by atoms with Crippen LogP contribution in [0.15, 0.2) is 18.2 Å². The third-order valence-corrected chi connectivity index (χ3v) is 3.54. The van der Waals surface area contributed by atoms with Crippen LogP contribution in [0, 0.1) is 6.92 Å². The first kappa shape index (κ1) is 14.1. The molecule has 3 rings (SSSR count). The van der Waals surface area contributed by atoms with Crippen LogP contribution in [0.5, 0.6) is 11.8 Å². The maximum Gasteiger partial charge on any atom is 0.240 e. The molecule has 0 atom stereocenters. The van der Waals surface area contributed by atoms with E-state index in [2.05, 4.69) is 40.4 Å². The molecular formula is C16H22N4O. The highest BCUT2D eigenvalue weighted by Gasteiger charge is 2.20. The quantitative estimate of drug-likeness (QED) is 0.855. The Balaban J connectivity index is 1.79. The summed E-state index contributed by atoms with van der Waals surface area (Å²) < 4.78 is 5.77. The van der Waals surface area contributed by atoms with E-state index in [0.29, 0.717) is 23.7 Å². The van der Waals surface area contributed by atoms with Crippen LogP contribution >= 0.6 is 0 Å². The number of aryl methyl sites for hydroxylation is 1. The average Bonchev–Trinajstić information content (AvgIpc) is 3.19. The van der Waals surface area contributed by atoms with Gasteiger partial charge in [-0.2, -0.15) is 0 Å². The molecule has 0 amide bonds. The van der Waals surface area contributed by atoms with Crippen LogP contribution in [0.4, 0.5) is 0 Å². The van der Waals surface area contributed by atoms with Crippen molar-refractivity contribution in [2.75, 3.05) is 0 Å². The summed E-state index contributed by atoms with van der Waals surface area (Å²) in [5.41, 5.74) is 3.23. The fraction of sp³-hybridized carbons (Fsp3) is 0.500. The summed E-state index contributed by atoms with van der Waals surface area (Å²) in [6.07, 6.45) is 2.58. The van der Waals surface area contributed by atoms with Crippen molar-refractivity contribution in [3.05, 3.63) is 35.2 Å². The Hall–Kier alpha value is -1.88. The summed E-state index contributed by atoms with van der Waals surface area (Å²) in [6, 6.07) is 6.71. The molecule has 2 heterocycles. The van der Waals surface area contributed by atoms with Crippen molar-refractivity contribution >= 4 is 0 Å². The number of nitrogens with one attached hydrogen (secondary N) is 2.